The van der Waals surface area contributed by atoms with Crippen molar-refractivity contribution in [3.8, 4) is 0 Å². The van der Waals surface area contributed by atoms with E-state index in [1.807, 2.05) is 6.08 Å². The number of methoxy groups -OCH3 is 1. The predicted octanol–water partition coefficient (Wildman–Crippen LogP) is 3.36. The van der Waals surface area contributed by atoms with Crippen molar-refractivity contribution in [2.75, 3.05) is 26.7 Å². The molecule has 0 N–H and O–H groups in total. The van der Waals surface area contributed by atoms with Crippen LogP contribution < -0.4 is 0 Å². The SMILES string of the molecule is COC(=O)[C@@]12CN(C/C=C/c3ccc(F)cc3)C[C@@H]1C(C)(C)C2. The summed E-state index contributed by atoms with van der Waals surface area (Å²) in [6.07, 6.45) is 4.97. The molecule has 0 unspecified atom stereocenters. The van der Waals surface area contributed by atoms with Crippen molar-refractivity contribution >= 4 is 12.0 Å². The maximum atomic E-state index is 12.9. The zero-order valence-corrected chi connectivity index (χ0v) is 14.0. The van der Waals surface area contributed by atoms with Crippen LogP contribution in [-0.4, -0.2) is 37.6 Å². The fraction of sp³-hybridized carbons (Fsp3) is 0.526. The number of carbonyl (C=O) groups excluding carboxylic acids is 1. The molecule has 0 bridgehead atoms. The van der Waals surface area contributed by atoms with E-state index in [1.165, 1.54) is 19.2 Å². The highest BCUT2D eigenvalue weighted by molar-refractivity contribution is 5.80. The van der Waals surface area contributed by atoms with E-state index in [0.29, 0.717) is 5.92 Å². The Balaban J connectivity index is 1.64. The molecule has 2 fully saturated rings. The first-order valence-corrected chi connectivity index (χ1v) is 8.10. The highest BCUT2D eigenvalue weighted by Gasteiger charge is 2.67. The standard InChI is InChI=1S/C19H24FNO2/c1-18(2)12-19(17(22)23-3)13-21(11-16(18)19)10-4-5-14-6-8-15(20)9-7-14/h4-9,16H,10-13H2,1-3H3/b5-4+/t16-,19+/m1/s1. The predicted molar refractivity (Wildman–Crippen MR) is 88.2 cm³/mol. The lowest BCUT2D eigenvalue weighted by molar-refractivity contribution is -0.174. The summed E-state index contributed by atoms with van der Waals surface area (Å²) in [5.41, 5.74) is 0.863. The molecule has 1 aromatic carbocycles. The van der Waals surface area contributed by atoms with Gasteiger partial charge in [0.05, 0.1) is 12.5 Å². The molecule has 23 heavy (non-hydrogen) atoms. The second-order valence-electron chi connectivity index (χ2n) is 7.51. The van der Waals surface area contributed by atoms with Crippen LogP contribution in [0.3, 0.4) is 0 Å². The third kappa shape index (κ3) is 2.80. The lowest BCUT2D eigenvalue weighted by Gasteiger charge is -2.54. The minimum atomic E-state index is -0.317. The fourth-order valence-electron chi connectivity index (χ4n) is 4.52. The number of halogens is 1. The Morgan fingerprint density at radius 2 is 2.09 bits per heavy atom. The smallest absolute Gasteiger partial charge is 0.313 e. The van der Waals surface area contributed by atoms with Crippen molar-refractivity contribution in [1.29, 1.82) is 0 Å². The largest absolute Gasteiger partial charge is 0.469 e. The Bertz CT molecular complexity index is 623. The molecule has 0 radical (unpaired) electrons. The number of hydrogen-bond donors (Lipinski definition) is 0. The quantitative estimate of drug-likeness (QED) is 0.798. The van der Waals surface area contributed by atoms with Crippen molar-refractivity contribution in [3.63, 3.8) is 0 Å². The number of fused-ring (bicyclic) bond motifs is 1. The van der Waals surface area contributed by atoms with Gasteiger partial charge in [-0.3, -0.25) is 9.69 Å². The van der Waals surface area contributed by atoms with Gasteiger partial charge >= 0.3 is 5.97 Å². The van der Waals surface area contributed by atoms with Crippen LogP contribution in [0.2, 0.25) is 0 Å². The number of nitrogens with zero attached hydrogens (tertiary/aromatic N) is 1. The molecule has 1 heterocycles. The topological polar surface area (TPSA) is 29.5 Å². The number of hydrogen-bond acceptors (Lipinski definition) is 3. The third-order valence-corrected chi connectivity index (χ3v) is 5.46. The van der Waals surface area contributed by atoms with Gasteiger partial charge in [0.1, 0.15) is 5.82 Å². The molecule has 3 rings (SSSR count). The van der Waals surface area contributed by atoms with Gasteiger partial charge in [0.2, 0.25) is 0 Å². The summed E-state index contributed by atoms with van der Waals surface area (Å²) < 4.78 is 18.0. The van der Waals surface area contributed by atoms with Crippen LogP contribution in [0.4, 0.5) is 4.39 Å². The number of carbonyl (C=O) groups is 1. The molecule has 0 aromatic heterocycles. The maximum Gasteiger partial charge on any atom is 0.313 e. The minimum Gasteiger partial charge on any atom is -0.469 e. The molecule has 1 aliphatic heterocycles. The van der Waals surface area contributed by atoms with Crippen LogP contribution in [-0.2, 0) is 9.53 Å². The van der Waals surface area contributed by atoms with Crippen molar-refractivity contribution < 1.29 is 13.9 Å². The Labute approximate surface area is 137 Å². The summed E-state index contributed by atoms with van der Waals surface area (Å²) in [6, 6.07) is 6.45. The number of rotatable bonds is 4. The van der Waals surface area contributed by atoms with Gasteiger partial charge in [-0.05, 0) is 35.4 Å². The Kier molecular flexibility index (Phi) is 4.05. The first-order chi connectivity index (χ1) is 10.9. The molecular weight excluding hydrogens is 293 g/mol. The summed E-state index contributed by atoms with van der Waals surface area (Å²) in [4.78, 5) is 14.6. The van der Waals surface area contributed by atoms with Gasteiger partial charge in [-0.15, -0.1) is 0 Å². The van der Waals surface area contributed by atoms with Crippen molar-refractivity contribution in [2.45, 2.75) is 20.3 Å². The fourth-order valence-corrected chi connectivity index (χ4v) is 4.52. The van der Waals surface area contributed by atoms with E-state index >= 15 is 0 Å². The molecule has 1 aliphatic carbocycles. The van der Waals surface area contributed by atoms with E-state index < -0.39 is 0 Å². The molecule has 2 atom stereocenters. The lowest BCUT2D eigenvalue weighted by atomic mass is 9.48. The van der Waals surface area contributed by atoms with Crippen LogP contribution in [0.25, 0.3) is 6.08 Å². The van der Waals surface area contributed by atoms with E-state index in [2.05, 4.69) is 24.8 Å². The zero-order valence-electron chi connectivity index (χ0n) is 14.0. The highest BCUT2D eigenvalue weighted by atomic mass is 19.1. The highest BCUT2D eigenvalue weighted by Crippen LogP contribution is 2.63. The first kappa shape index (κ1) is 16.2. The van der Waals surface area contributed by atoms with Crippen LogP contribution in [0.5, 0.6) is 0 Å². The molecule has 4 heteroatoms. The second-order valence-corrected chi connectivity index (χ2v) is 7.51. The van der Waals surface area contributed by atoms with E-state index in [0.717, 1.165) is 31.6 Å². The van der Waals surface area contributed by atoms with Gasteiger partial charge in [-0.2, -0.15) is 0 Å². The van der Waals surface area contributed by atoms with Crippen molar-refractivity contribution in [3.05, 3.63) is 41.7 Å². The van der Waals surface area contributed by atoms with Crippen LogP contribution in [0.1, 0.15) is 25.8 Å². The number of likely N-dealkylation sites (tertiary alicyclic amines) is 1. The summed E-state index contributed by atoms with van der Waals surface area (Å²) in [5.74, 6) is 0.0778. The monoisotopic (exact) mass is 317 g/mol. The molecule has 1 aromatic rings. The maximum absolute atomic E-state index is 12.9. The summed E-state index contributed by atoms with van der Waals surface area (Å²) in [7, 11) is 1.48. The van der Waals surface area contributed by atoms with Crippen LogP contribution >= 0.6 is 0 Å². The zero-order chi connectivity index (χ0) is 16.7. The van der Waals surface area contributed by atoms with E-state index in [4.69, 9.17) is 4.74 Å². The molecule has 0 spiro atoms. The van der Waals surface area contributed by atoms with Crippen molar-refractivity contribution in [2.24, 2.45) is 16.7 Å². The van der Waals surface area contributed by atoms with Gasteiger partial charge < -0.3 is 4.74 Å². The molecule has 1 saturated carbocycles. The molecule has 0 amide bonds. The lowest BCUT2D eigenvalue weighted by Crippen LogP contribution is -2.57. The first-order valence-electron chi connectivity index (χ1n) is 8.10. The Morgan fingerprint density at radius 3 is 2.70 bits per heavy atom. The second kappa shape index (κ2) is 5.75. The summed E-state index contributed by atoms with van der Waals surface area (Å²) in [5, 5.41) is 0. The van der Waals surface area contributed by atoms with Gasteiger partial charge in [0.15, 0.2) is 0 Å². The normalized spacial score (nSPS) is 29.3. The van der Waals surface area contributed by atoms with Crippen molar-refractivity contribution in [1.82, 2.24) is 4.90 Å². The molecule has 1 saturated heterocycles. The Hall–Kier alpha value is -1.68. The van der Waals surface area contributed by atoms with E-state index in [9.17, 15) is 9.18 Å². The van der Waals surface area contributed by atoms with Gasteiger partial charge in [-0.25, -0.2) is 4.39 Å². The number of benzene rings is 1. The van der Waals surface area contributed by atoms with Gasteiger partial charge in [0, 0.05) is 19.6 Å². The average molecular weight is 317 g/mol. The Morgan fingerprint density at radius 1 is 1.39 bits per heavy atom. The minimum absolute atomic E-state index is 0.0631. The number of ether oxygens (including phenoxy) is 1. The van der Waals surface area contributed by atoms with Gasteiger partial charge in [0.25, 0.3) is 0 Å². The van der Waals surface area contributed by atoms with E-state index in [-0.39, 0.29) is 22.6 Å². The molecular formula is C19H24FNO2. The molecule has 3 nitrogen and oxygen atoms in total. The third-order valence-electron chi connectivity index (χ3n) is 5.46. The van der Waals surface area contributed by atoms with E-state index in [1.54, 1.807) is 12.1 Å². The molecule has 2 aliphatic rings. The average Bonchev–Trinajstić information content (AvgIpc) is 2.84. The number of esters is 1. The summed E-state index contributed by atoms with van der Waals surface area (Å²) >= 11 is 0. The van der Waals surface area contributed by atoms with Crippen LogP contribution in [0.15, 0.2) is 30.3 Å². The molecule has 124 valence electrons. The van der Waals surface area contributed by atoms with Gasteiger partial charge in [-0.1, -0.05) is 38.1 Å². The van der Waals surface area contributed by atoms with Crippen LogP contribution in [0, 0.1) is 22.6 Å². The summed E-state index contributed by atoms with van der Waals surface area (Å²) in [6.45, 7) is 6.95.